The van der Waals surface area contributed by atoms with Crippen molar-refractivity contribution in [1.29, 1.82) is 0 Å². The fourth-order valence-corrected chi connectivity index (χ4v) is 2.72. The number of rotatable bonds is 4. The fraction of sp³-hybridized carbons (Fsp3) is 0.375. The quantitative estimate of drug-likeness (QED) is 0.926. The van der Waals surface area contributed by atoms with E-state index in [1.165, 1.54) is 16.7 Å². The lowest BCUT2D eigenvalue weighted by Gasteiger charge is -2.29. The molecule has 3 rings (SSSR count). The van der Waals surface area contributed by atoms with E-state index in [4.69, 9.17) is 0 Å². The number of carbonyl (C=O) groups excluding carboxylic acids is 1. The molecule has 0 spiro atoms. The molecule has 1 N–H and O–H groups in total. The topological polar surface area (TPSA) is 49.0 Å². The molecule has 0 fully saturated rings. The highest BCUT2D eigenvalue weighted by Gasteiger charge is 2.19. The van der Waals surface area contributed by atoms with Gasteiger partial charge in [-0.25, -0.2) is 0 Å². The van der Waals surface area contributed by atoms with Crippen molar-refractivity contribution in [2.75, 3.05) is 6.54 Å². The summed E-state index contributed by atoms with van der Waals surface area (Å²) in [6.45, 7) is 1.61. The molecule has 1 aromatic carbocycles. The number of hydrogen-bond acceptors (Lipinski definition) is 2. The zero-order valence-electron chi connectivity index (χ0n) is 11.5. The van der Waals surface area contributed by atoms with Gasteiger partial charge in [-0.15, -0.1) is 0 Å². The third-order valence-corrected chi connectivity index (χ3v) is 3.89. The standard InChI is InChI=1S/C16H19N3O/c20-16(7-3-4-13-10-17-18-11-13)19-9-8-14-5-1-2-6-15(14)12-19/h1-2,5-6,10-11H,3-4,7-9,12H2,(H,17,18). The minimum Gasteiger partial charge on any atom is -0.338 e. The summed E-state index contributed by atoms with van der Waals surface area (Å²) in [5.74, 6) is 0.267. The maximum Gasteiger partial charge on any atom is 0.222 e. The minimum absolute atomic E-state index is 0.267. The molecule has 1 aromatic heterocycles. The summed E-state index contributed by atoms with van der Waals surface area (Å²) in [7, 11) is 0. The van der Waals surface area contributed by atoms with Crippen LogP contribution in [0, 0.1) is 0 Å². The average molecular weight is 269 g/mol. The minimum atomic E-state index is 0.267. The average Bonchev–Trinajstić information content (AvgIpc) is 3.00. The van der Waals surface area contributed by atoms with Gasteiger partial charge in [0.05, 0.1) is 6.20 Å². The Balaban J connectivity index is 1.51. The van der Waals surface area contributed by atoms with Gasteiger partial charge in [0.2, 0.25) is 5.91 Å². The normalized spacial score (nSPS) is 14.1. The van der Waals surface area contributed by atoms with Gasteiger partial charge in [0.1, 0.15) is 0 Å². The van der Waals surface area contributed by atoms with E-state index >= 15 is 0 Å². The van der Waals surface area contributed by atoms with E-state index in [-0.39, 0.29) is 5.91 Å². The van der Waals surface area contributed by atoms with Crippen molar-refractivity contribution in [3.8, 4) is 0 Å². The smallest absolute Gasteiger partial charge is 0.222 e. The van der Waals surface area contributed by atoms with E-state index < -0.39 is 0 Å². The molecule has 104 valence electrons. The zero-order chi connectivity index (χ0) is 13.8. The van der Waals surface area contributed by atoms with Gasteiger partial charge in [-0.2, -0.15) is 5.10 Å². The number of aryl methyl sites for hydroxylation is 1. The van der Waals surface area contributed by atoms with Crippen LogP contribution in [0.15, 0.2) is 36.7 Å². The van der Waals surface area contributed by atoms with Crippen LogP contribution >= 0.6 is 0 Å². The van der Waals surface area contributed by atoms with Crippen molar-refractivity contribution in [1.82, 2.24) is 15.1 Å². The highest BCUT2D eigenvalue weighted by Crippen LogP contribution is 2.19. The van der Waals surface area contributed by atoms with Crippen LogP contribution in [0.4, 0.5) is 0 Å². The summed E-state index contributed by atoms with van der Waals surface area (Å²) < 4.78 is 0. The van der Waals surface area contributed by atoms with Crippen LogP contribution < -0.4 is 0 Å². The Morgan fingerprint density at radius 2 is 2.15 bits per heavy atom. The fourth-order valence-electron chi connectivity index (χ4n) is 2.72. The van der Waals surface area contributed by atoms with Gasteiger partial charge >= 0.3 is 0 Å². The lowest BCUT2D eigenvalue weighted by molar-refractivity contribution is -0.132. The molecule has 0 aliphatic carbocycles. The van der Waals surface area contributed by atoms with Crippen molar-refractivity contribution in [2.45, 2.75) is 32.2 Å². The molecule has 0 saturated heterocycles. The molecular weight excluding hydrogens is 250 g/mol. The van der Waals surface area contributed by atoms with Crippen LogP contribution in [0.1, 0.15) is 29.5 Å². The van der Waals surface area contributed by atoms with Gasteiger partial charge < -0.3 is 4.90 Å². The third kappa shape index (κ3) is 2.90. The number of nitrogens with zero attached hydrogens (tertiary/aromatic N) is 2. The highest BCUT2D eigenvalue weighted by molar-refractivity contribution is 5.76. The van der Waals surface area contributed by atoms with Crippen LogP contribution in [0.25, 0.3) is 0 Å². The maximum absolute atomic E-state index is 12.2. The van der Waals surface area contributed by atoms with E-state index in [1.807, 2.05) is 23.4 Å². The summed E-state index contributed by atoms with van der Waals surface area (Å²) in [6, 6.07) is 8.41. The van der Waals surface area contributed by atoms with E-state index in [0.29, 0.717) is 6.42 Å². The summed E-state index contributed by atoms with van der Waals surface area (Å²) in [5.41, 5.74) is 3.85. The van der Waals surface area contributed by atoms with E-state index in [1.54, 1.807) is 0 Å². The Labute approximate surface area is 118 Å². The van der Waals surface area contributed by atoms with Crippen molar-refractivity contribution in [3.63, 3.8) is 0 Å². The predicted molar refractivity (Wildman–Crippen MR) is 77.1 cm³/mol. The SMILES string of the molecule is O=C(CCCc1cn[nH]c1)N1CCc2ccccc2C1. The monoisotopic (exact) mass is 269 g/mol. The van der Waals surface area contributed by atoms with Crippen molar-refractivity contribution < 1.29 is 4.79 Å². The molecule has 0 bridgehead atoms. The van der Waals surface area contributed by atoms with Gasteiger partial charge in [-0.05, 0) is 36.0 Å². The number of nitrogens with one attached hydrogen (secondary N) is 1. The Kier molecular flexibility index (Phi) is 3.81. The number of aromatic amines is 1. The number of benzene rings is 1. The largest absolute Gasteiger partial charge is 0.338 e. The van der Waals surface area contributed by atoms with Gasteiger partial charge in [-0.3, -0.25) is 9.89 Å². The van der Waals surface area contributed by atoms with Gasteiger partial charge in [0, 0.05) is 25.7 Å². The second kappa shape index (κ2) is 5.90. The van der Waals surface area contributed by atoms with Crippen LogP contribution in [0.5, 0.6) is 0 Å². The van der Waals surface area contributed by atoms with Crippen LogP contribution in [0.3, 0.4) is 0 Å². The van der Waals surface area contributed by atoms with E-state index in [9.17, 15) is 4.79 Å². The molecule has 1 aliphatic rings. The summed E-state index contributed by atoms with van der Waals surface area (Å²) in [6.07, 6.45) is 7.10. The molecule has 20 heavy (non-hydrogen) atoms. The number of H-pyrrole nitrogens is 1. The second-order valence-corrected chi connectivity index (χ2v) is 5.29. The van der Waals surface area contributed by atoms with Crippen molar-refractivity contribution >= 4 is 5.91 Å². The second-order valence-electron chi connectivity index (χ2n) is 5.29. The molecule has 4 nitrogen and oxygen atoms in total. The number of aromatic nitrogens is 2. The number of fused-ring (bicyclic) bond motifs is 1. The van der Waals surface area contributed by atoms with Crippen molar-refractivity contribution in [3.05, 3.63) is 53.3 Å². The summed E-state index contributed by atoms with van der Waals surface area (Å²) in [5, 5.41) is 6.71. The third-order valence-electron chi connectivity index (χ3n) is 3.89. The molecular formula is C16H19N3O. The number of amides is 1. The molecule has 0 unspecified atom stereocenters. The van der Waals surface area contributed by atoms with Gasteiger partial charge in [-0.1, -0.05) is 24.3 Å². The van der Waals surface area contributed by atoms with Gasteiger partial charge in [0.25, 0.3) is 0 Å². The predicted octanol–water partition coefficient (Wildman–Crippen LogP) is 2.32. The number of carbonyl (C=O) groups is 1. The van der Waals surface area contributed by atoms with Gasteiger partial charge in [0.15, 0.2) is 0 Å². The molecule has 1 amide bonds. The molecule has 4 heteroatoms. The molecule has 0 saturated carbocycles. The first-order chi connectivity index (χ1) is 9.83. The Morgan fingerprint density at radius 3 is 2.95 bits per heavy atom. The summed E-state index contributed by atoms with van der Waals surface area (Å²) in [4.78, 5) is 14.2. The number of hydrogen-bond donors (Lipinski definition) is 1. The van der Waals surface area contributed by atoms with Crippen molar-refractivity contribution in [2.24, 2.45) is 0 Å². The molecule has 1 aliphatic heterocycles. The first kappa shape index (κ1) is 12.9. The first-order valence-electron chi connectivity index (χ1n) is 7.15. The van der Waals surface area contributed by atoms with E-state index in [0.717, 1.165) is 32.4 Å². The lowest BCUT2D eigenvalue weighted by atomic mass is 9.99. The molecule has 0 radical (unpaired) electrons. The maximum atomic E-state index is 12.2. The Morgan fingerprint density at radius 1 is 1.30 bits per heavy atom. The molecule has 0 atom stereocenters. The Hall–Kier alpha value is -2.10. The molecule has 2 heterocycles. The molecule has 2 aromatic rings. The Bertz CT molecular complexity index is 577. The lowest BCUT2D eigenvalue weighted by Crippen LogP contribution is -2.35. The highest BCUT2D eigenvalue weighted by atomic mass is 16.2. The summed E-state index contributed by atoms with van der Waals surface area (Å²) >= 11 is 0. The zero-order valence-corrected chi connectivity index (χ0v) is 11.5. The van der Waals surface area contributed by atoms with Crippen LogP contribution in [0.2, 0.25) is 0 Å². The van der Waals surface area contributed by atoms with Crippen LogP contribution in [-0.4, -0.2) is 27.5 Å². The van der Waals surface area contributed by atoms with E-state index in [2.05, 4.69) is 28.4 Å². The first-order valence-corrected chi connectivity index (χ1v) is 7.15. The van der Waals surface area contributed by atoms with Crippen LogP contribution in [-0.2, 0) is 24.2 Å².